The summed E-state index contributed by atoms with van der Waals surface area (Å²) in [6.45, 7) is 2.60. The van der Waals surface area contributed by atoms with Crippen LogP contribution in [-0.2, 0) is 11.3 Å². The van der Waals surface area contributed by atoms with E-state index in [9.17, 15) is 4.79 Å². The Hall–Kier alpha value is -1.46. The molecule has 5 nitrogen and oxygen atoms in total. The van der Waals surface area contributed by atoms with Crippen LogP contribution in [0.2, 0.25) is 0 Å². The van der Waals surface area contributed by atoms with Gasteiger partial charge in [0.1, 0.15) is 11.5 Å². The number of carbonyl (C=O) groups is 1. The smallest absolute Gasteiger partial charge is 0.220 e. The summed E-state index contributed by atoms with van der Waals surface area (Å²) in [5.41, 5.74) is 0.953. The van der Waals surface area contributed by atoms with E-state index < -0.39 is 0 Å². The average Bonchev–Trinajstić information content (AvgIpc) is 3.04. The van der Waals surface area contributed by atoms with E-state index >= 15 is 0 Å². The summed E-state index contributed by atoms with van der Waals surface area (Å²) in [5, 5.41) is 6.27. The van der Waals surface area contributed by atoms with Crippen molar-refractivity contribution in [1.82, 2.24) is 10.6 Å². The summed E-state index contributed by atoms with van der Waals surface area (Å²) in [6.07, 6.45) is 2.73. The standard InChI is InChI=1S/C16H24N2O3.ClH/c1-20-14-5-4-13(15(9-14)21-2)11-18-16(19)6-3-12-7-8-17-10-12;/h4-5,9,12,17H,3,6-8,10-11H2,1-2H3,(H,18,19);1H. The maximum Gasteiger partial charge on any atom is 0.220 e. The van der Waals surface area contributed by atoms with Crippen molar-refractivity contribution in [2.45, 2.75) is 25.8 Å². The van der Waals surface area contributed by atoms with Gasteiger partial charge in [-0.2, -0.15) is 0 Å². The van der Waals surface area contributed by atoms with Crippen LogP contribution in [0.15, 0.2) is 18.2 Å². The number of carbonyl (C=O) groups excluding carboxylic acids is 1. The van der Waals surface area contributed by atoms with Gasteiger partial charge in [-0.3, -0.25) is 4.79 Å². The normalized spacial score (nSPS) is 16.7. The predicted octanol–water partition coefficient (Wildman–Crippen LogP) is 2.13. The molecule has 0 bridgehead atoms. The van der Waals surface area contributed by atoms with E-state index in [1.807, 2.05) is 18.2 Å². The molecule has 6 heteroatoms. The Labute approximate surface area is 138 Å². The van der Waals surface area contributed by atoms with E-state index in [4.69, 9.17) is 9.47 Å². The van der Waals surface area contributed by atoms with Crippen LogP contribution in [0.4, 0.5) is 0 Å². The van der Waals surface area contributed by atoms with E-state index in [0.29, 0.717) is 18.9 Å². The van der Waals surface area contributed by atoms with Crippen LogP contribution in [0.5, 0.6) is 11.5 Å². The number of amides is 1. The van der Waals surface area contributed by atoms with Gasteiger partial charge in [-0.1, -0.05) is 0 Å². The molecular weight excluding hydrogens is 304 g/mol. The van der Waals surface area contributed by atoms with Crippen molar-refractivity contribution < 1.29 is 14.3 Å². The first kappa shape index (κ1) is 18.6. The van der Waals surface area contributed by atoms with Crippen molar-refractivity contribution in [2.24, 2.45) is 5.92 Å². The lowest BCUT2D eigenvalue weighted by atomic mass is 10.0. The fraction of sp³-hybridized carbons (Fsp3) is 0.562. The second-order valence-electron chi connectivity index (χ2n) is 5.35. The molecule has 1 atom stereocenters. The molecule has 1 heterocycles. The van der Waals surface area contributed by atoms with Crippen molar-refractivity contribution in [3.8, 4) is 11.5 Å². The first-order valence-electron chi connectivity index (χ1n) is 7.41. The number of ether oxygens (including phenoxy) is 2. The lowest BCUT2D eigenvalue weighted by Crippen LogP contribution is -2.23. The Morgan fingerprint density at radius 3 is 2.82 bits per heavy atom. The molecule has 2 N–H and O–H groups in total. The molecule has 0 radical (unpaired) electrons. The molecule has 1 aromatic carbocycles. The van der Waals surface area contributed by atoms with Crippen molar-refractivity contribution >= 4 is 18.3 Å². The Kier molecular flexibility index (Phi) is 8.06. The summed E-state index contributed by atoms with van der Waals surface area (Å²) in [4.78, 5) is 11.9. The number of halogens is 1. The largest absolute Gasteiger partial charge is 0.497 e. The van der Waals surface area contributed by atoms with E-state index in [1.54, 1.807) is 14.2 Å². The summed E-state index contributed by atoms with van der Waals surface area (Å²) < 4.78 is 10.5. The minimum atomic E-state index is 0. The molecule has 1 aliphatic rings. The zero-order valence-corrected chi connectivity index (χ0v) is 14.0. The number of hydrogen-bond acceptors (Lipinski definition) is 4. The molecule has 1 unspecified atom stereocenters. The highest BCUT2D eigenvalue weighted by Gasteiger charge is 2.15. The molecule has 1 aliphatic heterocycles. The zero-order valence-electron chi connectivity index (χ0n) is 13.2. The third-order valence-corrected chi connectivity index (χ3v) is 3.91. The van der Waals surface area contributed by atoms with Gasteiger partial charge in [0.2, 0.25) is 5.91 Å². The molecule has 0 saturated carbocycles. The Morgan fingerprint density at radius 1 is 1.36 bits per heavy atom. The van der Waals surface area contributed by atoms with Crippen LogP contribution < -0.4 is 20.1 Å². The minimum absolute atomic E-state index is 0. The quantitative estimate of drug-likeness (QED) is 0.805. The topological polar surface area (TPSA) is 59.6 Å². The monoisotopic (exact) mass is 328 g/mol. The van der Waals surface area contributed by atoms with E-state index in [2.05, 4.69) is 10.6 Å². The summed E-state index contributed by atoms with van der Waals surface area (Å²) >= 11 is 0. The highest BCUT2D eigenvalue weighted by molar-refractivity contribution is 5.85. The molecule has 1 aromatic rings. The van der Waals surface area contributed by atoms with E-state index in [-0.39, 0.29) is 18.3 Å². The second kappa shape index (κ2) is 9.54. The number of hydrogen-bond donors (Lipinski definition) is 2. The van der Waals surface area contributed by atoms with Crippen LogP contribution in [0.1, 0.15) is 24.8 Å². The van der Waals surface area contributed by atoms with Gasteiger partial charge >= 0.3 is 0 Å². The van der Waals surface area contributed by atoms with Crippen LogP contribution >= 0.6 is 12.4 Å². The van der Waals surface area contributed by atoms with Gasteiger partial charge in [-0.25, -0.2) is 0 Å². The molecular formula is C16H25ClN2O3. The minimum Gasteiger partial charge on any atom is -0.497 e. The molecule has 0 aliphatic carbocycles. The van der Waals surface area contributed by atoms with Crippen molar-refractivity contribution in [3.05, 3.63) is 23.8 Å². The molecule has 124 valence electrons. The van der Waals surface area contributed by atoms with Crippen LogP contribution in [0.3, 0.4) is 0 Å². The predicted molar refractivity (Wildman–Crippen MR) is 88.9 cm³/mol. The molecule has 1 saturated heterocycles. The fourth-order valence-electron chi connectivity index (χ4n) is 2.58. The summed E-state index contributed by atoms with van der Waals surface area (Å²) in [6, 6.07) is 5.61. The molecule has 1 fully saturated rings. The van der Waals surface area contributed by atoms with Crippen LogP contribution in [-0.4, -0.2) is 33.2 Å². The van der Waals surface area contributed by atoms with Gasteiger partial charge in [0.05, 0.1) is 14.2 Å². The highest BCUT2D eigenvalue weighted by atomic mass is 35.5. The Morgan fingerprint density at radius 2 is 2.18 bits per heavy atom. The van der Waals surface area contributed by atoms with E-state index in [0.717, 1.165) is 36.6 Å². The number of methoxy groups -OCH3 is 2. The fourth-order valence-corrected chi connectivity index (χ4v) is 2.58. The first-order chi connectivity index (χ1) is 10.2. The number of benzene rings is 1. The lowest BCUT2D eigenvalue weighted by molar-refractivity contribution is -0.121. The summed E-state index contributed by atoms with van der Waals surface area (Å²) in [7, 11) is 3.24. The van der Waals surface area contributed by atoms with Crippen molar-refractivity contribution in [2.75, 3.05) is 27.3 Å². The first-order valence-corrected chi connectivity index (χ1v) is 7.41. The third-order valence-electron chi connectivity index (χ3n) is 3.91. The van der Waals surface area contributed by atoms with Gasteiger partial charge in [-0.05, 0) is 44.0 Å². The lowest BCUT2D eigenvalue weighted by Gasteiger charge is -2.12. The van der Waals surface area contributed by atoms with Gasteiger partial charge < -0.3 is 20.1 Å². The molecule has 0 aromatic heterocycles. The van der Waals surface area contributed by atoms with Crippen LogP contribution in [0.25, 0.3) is 0 Å². The summed E-state index contributed by atoms with van der Waals surface area (Å²) in [5.74, 6) is 2.22. The van der Waals surface area contributed by atoms with E-state index in [1.165, 1.54) is 6.42 Å². The zero-order chi connectivity index (χ0) is 15.1. The van der Waals surface area contributed by atoms with Gasteiger partial charge in [0.25, 0.3) is 0 Å². The highest BCUT2D eigenvalue weighted by Crippen LogP contribution is 2.24. The second-order valence-corrected chi connectivity index (χ2v) is 5.35. The molecule has 0 spiro atoms. The van der Waals surface area contributed by atoms with Crippen molar-refractivity contribution in [1.29, 1.82) is 0 Å². The molecule has 2 rings (SSSR count). The Bertz CT molecular complexity index is 476. The van der Waals surface area contributed by atoms with Gasteiger partial charge in [-0.15, -0.1) is 12.4 Å². The maximum atomic E-state index is 11.9. The average molecular weight is 329 g/mol. The number of rotatable bonds is 7. The van der Waals surface area contributed by atoms with Crippen molar-refractivity contribution in [3.63, 3.8) is 0 Å². The maximum absolute atomic E-state index is 11.9. The number of nitrogens with one attached hydrogen (secondary N) is 2. The third kappa shape index (κ3) is 5.39. The Balaban J connectivity index is 0.00000242. The van der Waals surface area contributed by atoms with Crippen LogP contribution in [0, 0.1) is 5.92 Å². The van der Waals surface area contributed by atoms with Gasteiger partial charge in [0, 0.05) is 24.6 Å². The SMILES string of the molecule is COc1ccc(CNC(=O)CCC2CCNC2)c(OC)c1.Cl. The van der Waals surface area contributed by atoms with Gasteiger partial charge in [0.15, 0.2) is 0 Å². The molecule has 1 amide bonds. The molecule has 22 heavy (non-hydrogen) atoms.